The number of nitrogens with zero attached hydrogens (tertiary/aromatic N) is 2. The molecule has 120 valence electrons. The van der Waals surface area contributed by atoms with Crippen molar-refractivity contribution in [1.29, 1.82) is 0 Å². The van der Waals surface area contributed by atoms with Gasteiger partial charge in [-0.3, -0.25) is 0 Å². The van der Waals surface area contributed by atoms with Crippen LogP contribution in [-0.2, 0) is 12.1 Å². The predicted molar refractivity (Wildman–Crippen MR) is 82.1 cm³/mol. The van der Waals surface area contributed by atoms with Gasteiger partial charge in [0.25, 0.3) is 0 Å². The molecule has 0 aliphatic heterocycles. The smallest absolute Gasteiger partial charge is 0.372 e. The number of alkyl halides is 4. The van der Waals surface area contributed by atoms with Crippen LogP contribution in [0.3, 0.4) is 0 Å². The van der Waals surface area contributed by atoms with Crippen LogP contribution >= 0.6 is 11.6 Å². The fourth-order valence-electron chi connectivity index (χ4n) is 2.19. The zero-order chi connectivity index (χ0) is 16.0. The van der Waals surface area contributed by atoms with Gasteiger partial charge >= 0.3 is 6.18 Å². The molecule has 0 saturated carbocycles. The van der Waals surface area contributed by atoms with Crippen molar-refractivity contribution in [3.8, 4) is 0 Å². The summed E-state index contributed by atoms with van der Waals surface area (Å²) in [5.74, 6) is -0.137. The van der Waals surface area contributed by atoms with Crippen LogP contribution in [-0.4, -0.2) is 38.6 Å². The van der Waals surface area contributed by atoms with E-state index in [1.54, 1.807) is 6.07 Å². The first-order valence-electron chi connectivity index (χ1n) is 6.95. The number of benzene rings is 1. The van der Waals surface area contributed by atoms with Gasteiger partial charge in [0.05, 0.1) is 5.56 Å². The first-order valence-corrected chi connectivity index (χ1v) is 7.48. The lowest BCUT2D eigenvalue weighted by atomic mass is 10.1. The van der Waals surface area contributed by atoms with Gasteiger partial charge in [-0.15, -0.1) is 11.6 Å². The van der Waals surface area contributed by atoms with E-state index >= 15 is 0 Å². The van der Waals surface area contributed by atoms with Crippen molar-refractivity contribution in [3.63, 3.8) is 0 Å². The first-order chi connectivity index (χ1) is 9.79. The van der Waals surface area contributed by atoms with Gasteiger partial charge < -0.3 is 9.80 Å². The monoisotopic (exact) mass is 322 g/mol. The SMILES string of the molecule is CCN(CCCN(C)C)c1ccc(CCl)c(C(F)(F)F)c1. The summed E-state index contributed by atoms with van der Waals surface area (Å²) in [6.45, 7) is 4.25. The quantitative estimate of drug-likeness (QED) is 0.693. The van der Waals surface area contributed by atoms with Crippen LogP contribution in [0.25, 0.3) is 0 Å². The third kappa shape index (κ3) is 5.40. The molecule has 0 unspecified atom stereocenters. The van der Waals surface area contributed by atoms with Crippen molar-refractivity contribution in [3.05, 3.63) is 29.3 Å². The molecule has 0 heterocycles. The molecule has 0 spiro atoms. The number of anilines is 1. The number of hydrogen-bond donors (Lipinski definition) is 0. The lowest BCUT2D eigenvalue weighted by Crippen LogP contribution is -2.27. The predicted octanol–water partition coefficient (Wildman–Crippen LogP) is 4.22. The van der Waals surface area contributed by atoms with Crippen LogP contribution in [0.5, 0.6) is 0 Å². The van der Waals surface area contributed by atoms with Crippen LogP contribution in [0.15, 0.2) is 18.2 Å². The molecular weight excluding hydrogens is 301 g/mol. The second-order valence-electron chi connectivity index (χ2n) is 5.21. The Balaban J connectivity index is 2.95. The lowest BCUT2D eigenvalue weighted by molar-refractivity contribution is -0.138. The fourth-order valence-corrected chi connectivity index (χ4v) is 2.42. The molecule has 0 fully saturated rings. The van der Waals surface area contributed by atoms with Crippen molar-refractivity contribution in [2.45, 2.75) is 25.4 Å². The molecule has 0 amide bonds. The lowest BCUT2D eigenvalue weighted by Gasteiger charge is -2.25. The summed E-state index contributed by atoms with van der Waals surface area (Å²) in [7, 11) is 3.96. The standard InChI is InChI=1S/C15H22ClF3N2/c1-4-21(9-5-8-20(2)3)13-7-6-12(11-16)14(10-13)15(17,18)19/h6-7,10H,4-5,8-9,11H2,1-3H3. The Kier molecular flexibility index (Phi) is 6.81. The van der Waals surface area contributed by atoms with E-state index in [1.807, 2.05) is 25.9 Å². The van der Waals surface area contributed by atoms with Crippen LogP contribution in [0.1, 0.15) is 24.5 Å². The summed E-state index contributed by atoms with van der Waals surface area (Å²) in [5.41, 5.74) is 0.0794. The normalized spacial score (nSPS) is 12.0. The van der Waals surface area contributed by atoms with Gasteiger partial charge in [0.2, 0.25) is 0 Å². The summed E-state index contributed by atoms with van der Waals surface area (Å²) >= 11 is 5.60. The highest BCUT2D eigenvalue weighted by atomic mass is 35.5. The first kappa shape index (κ1) is 18.1. The third-order valence-electron chi connectivity index (χ3n) is 3.32. The van der Waals surface area contributed by atoms with Crippen molar-refractivity contribution in [2.75, 3.05) is 38.6 Å². The van der Waals surface area contributed by atoms with Gasteiger partial charge in [0.1, 0.15) is 0 Å². The average molecular weight is 323 g/mol. The van der Waals surface area contributed by atoms with Crippen molar-refractivity contribution in [1.82, 2.24) is 4.90 Å². The van der Waals surface area contributed by atoms with E-state index in [0.717, 1.165) is 19.5 Å². The van der Waals surface area contributed by atoms with E-state index in [-0.39, 0.29) is 11.4 Å². The minimum atomic E-state index is -4.37. The van der Waals surface area contributed by atoms with E-state index in [9.17, 15) is 13.2 Å². The molecule has 0 aliphatic carbocycles. The summed E-state index contributed by atoms with van der Waals surface area (Å²) < 4.78 is 39.2. The van der Waals surface area contributed by atoms with Gasteiger partial charge in [-0.25, -0.2) is 0 Å². The minimum absolute atomic E-state index is 0.122. The van der Waals surface area contributed by atoms with Crippen molar-refractivity contribution in [2.24, 2.45) is 0 Å². The molecule has 1 aromatic carbocycles. The highest BCUT2D eigenvalue weighted by Gasteiger charge is 2.33. The fraction of sp³-hybridized carbons (Fsp3) is 0.600. The number of rotatable bonds is 7. The highest BCUT2D eigenvalue weighted by Crippen LogP contribution is 2.35. The van der Waals surface area contributed by atoms with Crippen molar-refractivity contribution < 1.29 is 13.2 Å². The Morgan fingerprint density at radius 3 is 2.29 bits per heavy atom. The van der Waals surface area contributed by atoms with Gasteiger partial charge in [-0.05, 0) is 51.7 Å². The molecule has 0 aromatic heterocycles. The molecule has 0 N–H and O–H groups in total. The Morgan fingerprint density at radius 2 is 1.81 bits per heavy atom. The zero-order valence-electron chi connectivity index (χ0n) is 12.7. The van der Waals surface area contributed by atoms with Crippen molar-refractivity contribution >= 4 is 17.3 Å². The van der Waals surface area contributed by atoms with Gasteiger partial charge in [0.15, 0.2) is 0 Å². The molecular formula is C15H22ClF3N2. The summed E-state index contributed by atoms with van der Waals surface area (Å²) in [6.07, 6.45) is -3.47. The molecule has 0 bridgehead atoms. The maximum absolute atomic E-state index is 13.1. The molecule has 1 aromatic rings. The second-order valence-corrected chi connectivity index (χ2v) is 5.48. The van der Waals surface area contributed by atoms with E-state index < -0.39 is 11.7 Å². The molecule has 0 radical (unpaired) electrons. The Bertz CT molecular complexity index is 447. The molecule has 0 aliphatic rings. The topological polar surface area (TPSA) is 6.48 Å². The number of hydrogen-bond acceptors (Lipinski definition) is 2. The molecule has 0 saturated heterocycles. The van der Waals surface area contributed by atoms with Gasteiger partial charge in [0, 0.05) is 24.7 Å². The maximum atomic E-state index is 13.1. The molecule has 0 atom stereocenters. The Hall–Kier alpha value is -0.940. The maximum Gasteiger partial charge on any atom is 0.416 e. The molecule has 1 rings (SSSR count). The van der Waals surface area contributed by atoms with E-state index in [2.05, 4.69) is 4.90 Å². The summed E-state index contributed by atoms with van der Waals surface area (Å²) in [4.78, 5) is 4.02. The van der Waals surface area contributed by atoms with Crippen LogP contribution in [0, 0.1) is 0 Å². The summed E-state index contributed by atoms with van der Waals surface area (Å²) in [6, 6.07) is 4.39. The zero-order valence-corrected chi connectivity index (χ0v) is 13.4. The molecule has 21 heavy (non-hydrogen) atoms. The van der Waals surface area contributed by atoms with Gasteiger partial charge in [-0.1, -0.05) is 6.07 Å². The third-order valence-corrected chi connectivity index (χ3v) is 3.61. The van der Waals surface area contributed by atoms with E-state index in [1.165, 1.54) is 12.1 Å². The Labute approximate surface area is 129 Å². The van der Waals surface area contributed by atoms with E-state index in [4.69, 9.17) is 11.6 Å². The molecule has 6 heteroatoms. The van der Waals surface area contributed by atoms with E-state index in [0.29, 0.717) is 12.2 Å². The Morgan fingerprint density at radius 1 is 1.14 bits per heavy atom. The average Bonchev–Trinajstić information content (AvgIpc) is 2.41. The van der Waals surface area contributed by atoms with Gasteiger partial charge in [-0.2, -0.15) is 13.2 Å². The van der Waals surface area contributed by atoms with Crippen LogP contribution < -0.4 is 4.90 Å². The second kappa shape index (κ2) is 7.90. The molecule has 2 nitrogen and oxygen atoms in total. The van der Waals surface area contributed by atoms with Crippen LogP contribution in [0.2, 0.25) is 0 Å². The summed E-state index contributed by atoms with van der Waals surface area (Å²) in [5, 5.41) is 0. The minimum Gasteiger partial charge on any atom is -0.372 e. The largest absolute Gasteiger partial charge is 0.416 e. The van der Waals surface area contributed by atoms with Crippen LogP contribution in [0.4, 0.5) is 18.9 Å². The number of halogens is 4. The highest BCUT2D eigenvalue weighted by molar-refractivity contribution is 6.17.